The Balaban J connectivity index is 1.68. The van der Waals surface area contributed by atoms with E-state index in [9.17, 15) is 9.59 Å². The van der Waals surface area contributed by atoms with Crippen LogP contribution in [-0.2, 0) is 20.4 Å². The second kappa shape index (κ2) is 10.0. The van der Waals surface area contributed by atoms with Crippen LogP contribution in [0, 0.1) is 5.92 Å². The molecule has 0 aromatic heterocycles. The van der Waals surface area contributed by atoms with E-state index in [0.29, 0.717) is 17.9 Å². The van der Waals surface area contributed by atoms with E-state index in [1.54, 1.807) is 14.2 Å². The molecule has 180 valence electrons. The number of nitrogens with zero attached hydrogens (tertiary/aromatic N) is 1. The summed E-state index contributed by atoms with van der Waals surface area (Å²) in [6.45, 7) is 4.43. The molecule has 2 aliphatic rings. The Kier molecular flexibility index (Phi) is 7.09. The Morgan fingerprint density at radius 3 is 2.53 bits per heavy atom. The minimum Gasteiger partial charge on any atom is -0.493 e. The van der Waals surface area contributed by atoms with E-state index in [-0.39, 0.29) is 18.6 Å². The molecule has 34 heavy (non-hydrogen) atoms. The van der Waals surface area contributed by atoms with E-state index < -0.39 is 26.4 Å². The number of rotatable bonds is 6. The average Bonchev–Trinajstić information content (AvgIpc) is 3.10. The monoisotopic (exact) mass is 481 g/mol. The summed E-state index contributed by atoms with van der Waals surface area (Å²) in [4.78, 5) is 27.9. The molecule has 0 aliphatic carbocycles. The number of allylic oxidation sites excluding steroid dienone is 1. The third kappa shape index (κ3) is 5.03. The zero-order valence-electron chi connectivity index (χ0n) is 20.0. The SMILES string of the molecule is COc1ccc([C@H]2O[Si](C)(C)CC=C[C@@H]2C(=O)N2C(=O)OC[C@@H]2Cc2ccccc2)cc1OC. The third-order valence-corrected chi connectivity index (χ3v) is 8.37. The lowest BCUT2D eigenvalue weighted by molar-refractivity contribution is -0.134. The standard InChI is InChI=1S/C26H31NO6Si/c1-30-22-13-12-19(16-23(22)31-2)24-21(11-8-14-34(3,4)33-24)25(28)27-20(17-32-26(27)29)15-18-9-6-5-7-10-18/h5-13,16,20-21,24H,14-15,17H2,1-4H3/t20-,21-,24+/m0/s1. The molecule has 2 heterocycles. The molecular formula is C26H31NO6Si. The minimum atomic E-state index is -2.10. The summed E-state index contributed by atoms with van der Waals surface area (Å²) in [7, 11) is 1.05. The number of carbonyl (C=O) groups excluding carboxylic acids is 2. The molecule has 4 rings (SSSR count). The molecule has 0 unspecified atom stereocenters. The molecule has 1 saturated heterocycles. The predicted octanol–water partition coefficient (Wildman–Crippen LogP) is 4.74. The molecule has 1 fully saturated rings. The highest BCUT2D eigenvalue weighted by Crippen LogP contribution is 2.40. The molecule has 0 N–H and O–H groups in total. The first-order valence-electron chi connectivity index (χ1n) is 11.4. The highest BCUT2D eigenvalue weighted by Gasteiger charge is 2.45. The van der Waals surface area contributed by atoms with Gasteiger partial charge in [-0.05, 0) is 48.8 Å². The largest absolute Gasteiger partial charge is 0.493 e. The van der Waals surface area contributed by atoms with Gasteiger partial charge in [0.2, 0.25) is 5.91 Å². The van der Waals surface area contributed by atoms with Crippen molar-refractivity contribution in [1.82, 2.24) is 4.90 Å². The van der Waals surface area contributed by atoms with Crippen LogP contribution in [0.4, 0.5) is 4.79 Å². The van der Waals surface area contributed by atoms with Crippen molar-refractivity contribution in [2.45, 2.75) is 37.7 Å². The van der Waals surface area contributed by atoms with Gasteiger partial charge >= 0.3 is 6.09 Å². The quantitative estimate of drug-likeness (QED) is 0.438. The van der Waals surface area contributed by atoms with Gasteiger partial charge in [0.1, 0.15) is 6.61 Å². The van der Waals surface area contributed by atoms with Crippen molar-refractivity contribution in [2.24, 2.45) is 5.92 Å². The van der Waals surface area contributed by atoms with Crippen molar-refractivity contribution >= 4 is 20.3 Å². The summed E-state index contributed by atoms with van der Waals surface area (Å²) in [5.41, 5.74) is 1.84. The van der Waals surface area contributed by atoms with E-state index >= 15 is 0 Å². The molecular weight excluding hydrogens is 450 g/mol. The number of hydrogen-bond donors (Lipinski definition) is 0. The molecule has 0 radical (unpaired) electrons. The fourth-order valence-corrected chi connectivity index (χ4v) is 6.28. The van der Waals surface area contributed by atoms with Gasteiger partial charge in [0, 0.05) is 0 Å². The van der Waals surface area contributed by atoms with Gasteiger partial charge in [-0.3, -0.25) is 4.79 Å². The number of cyclic esters (lactones) is 1. The van der Waals surface area contributed by atoms with Crippen molar-refractivity contribution in [1.29, 1.82) is 0 Å². The van der Waals surface area contributed by atoms with Crippen molar-refractivity contribution < 1.29 is 28.2 Å². The van der Waals surface area contributed by atoms with E-state index in [1.807, 2.05) is 60.7 Å². The highest BCUT2D eigenvalue weighted by atomic mass is 28.4. The molecule has 3 atom stereocenters. The summed E-state index contributed by atoms with van der Waals surface area (Å²) in [6.07, 6.45) is 3.28. The maximum Gasteiger partial charge on any atom is 0.417 e. The summed E-state index contributed by atoms with van der Waals surface area (Å²) in [5, 5.41) is 0. The zero-order chi connectivity index (χ0) is 24.3. The lowest BCUT2D eigenvalue weighted by atomic mass is 9.92. The van der Waals surface area contributed by atoms with Crippen LogP contribution in [0.3, 0.4) is 0 Å². The second-order valence-corrected chi connectivity index (χ2v) is 13.4. The Bertz CT molecular complexity index is 1070. The molecule has 2 aliphatic heterocycles. The van der Waals surface area contributed by atoms with E-state index in [2.05, 4.69) is 13.1 Å². The second-order valence-electron chi connectivity index (χ2n) is 9.20. The molecule has 0 spiro atoms. The number of imide groups is 1. The van der Waals surface area contributed by atoms with Gasteiger partial charge in [0.05, 0.1) is 32.3 Å². The van der Waals surface area contributed by atoms with Crippen LogP contribution < -0.4 is 9.47 Å². The first-order chi connectivity index (χ1) is 16.3. The molecule has 7 nitrogen and oxygen atoms in total. The summed E-state index contributed by atoms with van der Waals surface area (Å²) < 4.78 is 22.8. The average molecular weight is 482 g/mol. The molecule has 2 aromatic rings. The van der Waals surface area contributed by atoms with Gasteiger partial charge in [-0.2, -0.15) is 0 Å². The summed E-state index contributed by atoms with van der Waals surface area (Å²) >= 11 is 0. The van der Waals surface area contributed by atoms with Crippen LogP contribution >= 0.6 is 0 Å². The molecule has 2 aromatic carbocycles. The van der Waals surface area contributed by atoms with Crippen LogP contribution in [0.15, 0.2) is 60.7 Å². The van der Waals surface area contributed by atoms with Crippen molar-refractivity contribution in [3.05, 3.63) is 71.8 Å². The predicted molar refractivity (Wildman–Crippen MR) is 130 cm³/mol. The van der Waals surface area contributed by atoms with Crippen LogP contribution in [0.25, 0.3) is 0 Å². The van der Waals surface area contributed by atoms with E-state index in [1.165, 1.54) is 4.90 Å². The number of amides is 2. The fourth-order valence-electron chi connectivity index (χ4n) is 4.51. The normalized spacial score (nSPS) is 23.8. The van der Waals surface area contributed by atoms with Gasteiger partial charge in [-0.15, -0.1) is 0 Å². The van der Waals surface area contributed by atoms with Crippen LogP contribution in [0.5, 0.6) is 11.5 Å². The van der Waals surface area contributed by atoms with Crippen LogP contribution in [-0.4, -0.2) is 52.1 Å². The molecule has 0 saturated carbocycles. The maximum atomic E-state index is 13.9. The Morgan fingerprint density at radius 2 is 1.82 bits per heavy atom. The van der Waals surface area contributed by atoms with Gasteiger partial charge in [-0.25, -0.2) is 9.69 Å². The Hall–Kier alpha value is -3.10. The third-order valence-electron chi connectivity index (χ3n) is 6.26. The first-order valence-corrected chi connectivity index (χ1v) is 14.5. The van der Waals surface area contributed by atoms with Gasteiger partial charge in [0.25, 0.3) is 0 Å². The molecule has 0 bridgehead atoms. The van der Waals surface area contributed by atoms with E-state index in [4.69, 9.17) is 18.6 Å². The summed E-state index contributed by atoms with van der Waals surface area (Å²) in [5.74, 6) is 0.174. The van der Waals surface area contributed by atoms with Gasteiger partial charge < -0.3 is 18.6 Å². The van der Waals surface area contributed by atoms with E-state index in [0.717, 1.165) is 17.2 Å². The number of methoxy groups -OCH3 is 2. The molecule has 2 amide bonds. The highest BCUT2D eigenvalue weighted by molar-refractivity contribution is 6.71. The summed E-state index contributed by atoms with van der Waals surface area (Å²) in [6, 6.07) is 15.8. The maximum absolute atomic E-state index is 13.9. The zero-order valence-corrected chi connectivity index (χ0v) is 21.0. The van der Waals surface area contributed by atoms with Crippen LogP contribution in [0.2, 0.25) is 19.1 Å². The van der Waals surface area contributed by atoms with Crippen LogP contribution in [0.1, 0.15) is 17.2 Å². The number of carbonyl (C=O) groups is 2. The lowest BCUT2D eigenvalue weighted by Gasteiger charge is -2.32. The minimum absolute atomic E-state index is 0.179. The van der Waals surface area contributed by atoms with Gasteiger partial charge in [-0.1, -0.05) is 48.6 Å². The van der Waals surface area contributed by atoms with Crippen molar-refractivity contribution in [2.75, 3.05) is 20.8 Å². The lowest BCUT2D eigenvalue weighted by Crippen LogP contribution is -2.45. The Morgan fingerprint density at radius 1 is 1.09 bits per heavy atom. The van der Waals surface area contributed by atoms with Gasteiger partial charge in [0.15, 0.2) is 19.8 Å². The molecule has 8 heteroatoms. The number of ether oxygens (including phenoxy) is 3. The smallest absolute Gasteiger partial charge is 0.417 e. The van der Waals surface area contributed by atoms with Crippen molar-refractivity contribution in [3.63, 3.8) is 0 Å². The number of hydrogen-bond acceptors (Lipinski definition) is 6. The topological polar surface area (TPSA) is 74.3 Å². The fraction of sp³-hybridized carbons (Fsp3) is 0.385. The Labute approximate surface area is 201 Å². The number of benzene rings is 2. The first kappa shape index (κ1) is 24.0. The van der Waals surface area contributed by atoms with Crippen molar-refractivity contribution in [3.8, 4) is 11.5 Å².